The average molecular weight is 450 g/mol. The molecule has 2 aromatic rings. The highest BCUT2D eigenvalue weighted by Crippen LogP contribution is 2.34. The van der Waals surface area contributed by atoms with Crippen LogP contribution in [0.1, 0.15) is 12.5 Å². The van der Waals surface area contributed by atoms with Crippen molar-refractivity contribution in [3.05, 3.63) is 58.0 Å². The molecule has 0 atom stereocenters. The number of carbonyl (C=O) groups is 1. The number of likely N-dealkylation sites (N-methyl/N-ethyl adjacent to an activating group) is 1. The summed E-state index contributed by atoms with van der Waals surface area (Å²) < 4.78 is 17.3. The van der Waals surface area contributed by atoms with Gasteiger partial charge in [-0.25, -0.2) is 0 Å². The van der Waals surface area contributed by atoms with Crippen molar-refractivity contribution in [2.75, 3.05) is 26.9 Å². The molecule has 0 saturated carbocycles. The Morgan fingerprint density at radius 2 is 1.90 bits per heavy atom. The van der Waals surface area contributed by atoms with Gasteiger partial charge in [0.1, 0.15) is 34.8 Å². The van der Waals surface area contributed by atoms with Gasteiger partial charge in [0.25, 0.3) is 5.91 Å². The molecule has 1 aliphatic heterocycles. The molecular formula is C21H20ClNO4S2. The Hall–Kier alpha value is -2.22. The lowest BCUT2D eigenvalue weighted by molar-refractivity contribution is -0.121. The predicted molar refractivity (Wildman–Crippen MR) is 121 cm³/mol. The standard InChI is InChI=1S/C21H20ClNO4S2/c1-3-23-20(24)19(29-21(23)28)12-14-11-15(22)7-8-18(14)27-10-9-26-17-6-4-5-16(13-17)25-2/h4-8,11-13H,3,9-10H2,1-2H3/b19-12-. The van der Waals surface area contributed by atoms with Crippen LogP contribution >= 0.6 is 35.6 Å². The quantitative estimate of drug-likeness (QED) is 0.320. The van der Waals surface area contributed by atoms with Gasteiger partial charge in [0, 0.05) is 23.2 Å². The summed E-state index contributed by atoms with van der Waals surface area (Å²) in [6.07, 6.45) is 1.76. The molecule has 29 heavy (non-hydrogen) atoms. The number of carbonyl (C=O) groups excluding carboxylic acids is 1. The number of nitrogens with zero attached hydrogens (tertiary/aromatic N) is 1. The molecule has 5 nitrogen and oxygen atoms in total. The van der Waals surface area contributed by atoms with Crippen LogP contribution in [-0.2, 0) is 4.79 Å². The number of hydrogen-bond donors (Lipinski definition) is 0. The van der Waals surface area contributed by atoms with Gasteiger partial charge in [-0.3, -0.25) is 9.69 Å². The maximum Gasteiger partial charge on any atom is 0.266 e. The van der Waals surface area contributed by atoms with Crippen molar-refractivity contribution in [2.24, 2.45) is 0 Å². The zero-order chi connectivity index (χ0) is 20.8. The molecule has 1 heterocycles. The van der Waals surface area contributed by atoms with E-state index in [0.29, 0.717) is 45.5 Å². The summed E-state index contributed by atoms with van der Waals surface area (Å²) in [4.78, 5) is 14.6. The van der Waals surface area contributed by atoms with Gasteiger partial charge in [-0.1, -0.05) is 41.6 Å². The third-order valence-corrected chi connectivity index (χ3v) is 5.71. The lowest BCUT2D eigenvalue weighted by atomic mass is 10.2. The van der Waals surface area contributed by atoms with E-state index in [1.165, 1.54) is 11.8 Å². The van der Waals surface area contributed by atoms with Gasteiger partial charge >= 0.3 is 0 Å². The number of methoxy groups -OCH3 is 1. The summed E-state index contributed by atoms with van der Waals surface area (Å²) in [7, 11) is 1.61. The molecule has 1 fully saturated rings. The normalized spacial score (nSPS) is 15.1. The molecule has 1 saturated heterocycles. The van der Waals surface area contributed by atoms with Crippen LogP contribution in [-0.4, -0.2) is 42.0 Å². The van der Waals surface area contributed by atoms with E-state index in [2.05, 4.69) is 0 Å². The number of thioether (sulfide) groups is 1. The zero-order valence-corrected chi connectivity index (χ0v) is 18.4. The number of hydrogen-bond acceptors (Lipinski definition) is 6. The first-order chi connectivity index (χ1) is 14.0. The minimum Gasteiger partial charge on any atom is -0.497 e. The van der Waals surface area contributed by atoms with Crippen molar-refractivity contribution in [1.82, 2.24) is 4.90 Å². The van der Waals surface area contributed by atoms with E-state index in [4.69, 9.17) is 38.0 Å². The third kappa shape index (κ3) is 5.44. The van der Waals surface area contributed by atoms with Crippen molar-refractivity contribution >= 4 is 51.9 Å². The van der Waals surface area contributed by atoms with Crippen LogP contribution < -0.4 is 14.2 Å². The molecule has 8 heteroatoms. The monoisotopic (exact) mass is 449 g/mol. The molecule has 3 rings (SSSR count). The number of thiocarbonyl (C=S) groups is 1. The van der Waals surface area contributed by atoms with Crippen LogP contribution in [0.4, 0.5) is 0 Å². The second-order valence-corrected chi connectivity index (χ2v) is 8.10. The van der Waals surface area contributed by atoms with Gasteiger partial charge in [0.2, 0.25) is 0 Å². The van der Waals surface area contributed by atoms with Crippen molar-refractivity contribution < 1.29 is 19.0 Å². The molecule has 2 aromatic carbocycles. The molecule has 0 aromatic heterocycles. The largest absolute Gasteiger partial charge is 0.497 e. The Balaban J connectivity index is 1.67. The first kappa shape index (κ1) is 21.5. The second kappa shape index (κ2) is 10.0. The van der Waals surface area contributed by atoms with Crippen LogP contribution in [0.3, 0.4) is 0 Å². The van der Waals surface area contributed by atoms with Crippen molar-refractivity contribution in [2.45, 2.75) is 6.92 Å². The molecule has 0 unspecified atom stereocenters. The Labute approximate surface area is 184 Å². The highest BCUT2D eigenvalue weighted by atomic mass is 35.5. The van der Waals surface area contributed by atoms with E-state index in [1.807, 2.05) is 31.2 Å². The average Bonchev–Trinajstić information content (AvgIpc) is 2.99. The van der Waals surface area contributed by atoms with E-state index in [-0.39, 0.29) is 5.91 Å². The lowest BCUT2D eigenvalue weighted by Gasteiger charge is -2.12. The maximum atomic E-state index is 12.5. The highest BCUT2D eigenvalue weighted by Gasteiger charge is 2.30. The number of halogens is 1. The molecule has 0 spiro atoms. The minimum absolute atomic E-state index is 0.102. The smallest absolute Gasteiger partial charge is 0.266 e. The van der Waals surface area contributed by atoms with E-state index in [1.54, 1.807) is 36.3 Å². The number of benzene rings is 2. The van der Waals surface area contributed by atoms with Gasteiger partial charge < -0.3 is 14.2 Å². The summed E-state index contributed by atoms with van der Waals surface area (Å²) in [6.45, 7) is 3.12. The van der Waals surface area contributed by atoms with Gasteiger partial charge in [-0.2, -0.15) is 0 Å². The molecular weight excluding hydrogens is 430 g/mol. The van der Waals surface area contributed by atoms with Crippen molar-refractivity contribution in [3.8, 4) is 17.2 Å². The molecule has 0 bridgehead atoms. The molecule has 1 amide bonds. The van der Waals surface area contributed by atoms with E-state index in [9.17, 15) is 4.79 Å². The summed E-state index contributed by atoms with van der Waals surface area (Å²) in [6, 6.07) is 12.7. The van der Waals surface area contributed by atoms with Gasteiger partial charge in [-0.15, -0.1) is 0 Å². The second-order valence-electron chi connectivity index (χ2n) is 5.98. The van der Waals surface area contributed by atoms with Gasteiger partial charge in [-0.05, 0) is 43.3 Å². The summed E-state index contributed by atoms with van der Waals surface area (Å²) in [5, 5.41) is 0.558. The number of rotatable bonds is 8. The SMILES string of the molecule is CCN1C(=O)/C(=C/c2cc(Cl)ccc2OCCOc2cccc(OC)c2)SC1=S. The molecule has 1 aliphatic rings. The minimum atomic E-state index is -0.102. The summed E-state index contributed by atoms with van der Waals surface area (Å²) >= 11 is 12.7. The summed E-state index contributed by atoms with van der Waals surface area (Å²) in [5.74, 6) is 1.94. The highest BCUT2D eigenvalue weighted by molar-refractivity contribution is 8.26. The maximum absolute atomic E-state index is 12.5. The number of amides is 1. The summed E-state index contributed by atoms with van der Waals surface area (Å²) in [5.41, 5.74) is 0.718. The van der Waals surface area contributed by atoms with Crippen LogP contribution in [0.2, 0.25) is 5.02 Å². The Morgan fingerprint density at radius 3 is 2.62 bits per heavy atom. The van der Waals surface area contributed by atoms with Crippen LogP contribution in [0.5, 0.6) is 17.2 Å². The van der Waals surface area contributed by atoms with Crippen LogP contribution in [0, 0.1) is 0 Å². The van der Waals surface area contributed by atoms with E-state index < -0.39 is 0 Å². The molecule has 152 valence electrons. The third-order valence-electron chi connectivity index (χ3n) is 4.10. The van der Waals surface area contributed by atoms with Gasteiger partial charge in [0.15, 0.2) is 0 Å². The fraction of sp³-hybridized carbons (Fsp3) is 0.238. The van der Waals surface area contributed by atoms with Crippen LogP contribution in [0.15, 0.2) is 47.4 Å². The van der Waals surface area contributed by atoms with E-state index in [0.717, 1.165) is 11.3 Å². The molecule has 0 N–H and O–H groups in total. The predicted octanol–water partition coefficient (Wildman–Crippen LogP) is 5.03. The first-order valence-corrected chi connectivity index (χ1v) is 10.6. The fourth-order valence-corrected chi connectivity index (χ4v) is 4.24. The Kier molecular flexibility index (Phi) is 7.41. The van der Waals surface area contributed by atoms with Crippen molar-refractivity contribution in [3.63, 3.8) is 0 Å². The molecule has 0 aliphatic carbocycles. The Morgan fingerprint density at radius 1 is 1.14 bits per heavy atom. The Bertz CT molecular complexity index is 948. The number of ether oxygens (including phenoxy) is 3. The molecule has 0 radical (unpaired) electrons. The van der Waals surface area contributed by atoms with Crippen LogP contribution in [0.25, 0.3) is 6.08 Å². The van der Waals surface area contributed by atoms with Gasteiger partial charge in [0.05, 0.1) is 12.0 Å². The first-order valence-electron chi connectivity index (χ1n) is 8.96. The lowest BCUT2D eigenvalue weighted by Crippen LogP contribution is -2.27. The fourth-order valence-electron chi connectivity index (χ4n) is 2.68. The van der Waals surface area contributed by atoms with Crippen molar-refractivity contribution in [1.29, 1.82) is 0 Å². The van der Waals surface area contributed by atoms with E-state index >= 15 is 0 Å². The zero-order valence-electron chi connectivity index (χ0n) is 16.0. The topological polar surface area (TPSA) is 48.0 Å².